The quantitative estimate of drug-likeness (QED) is 0.479. The van der Waals surface area contributed by atoms with Crippen molar-refractivity contribution in [3.05, 3.63) is 33.3 Å². The Kier molecular flexibility index (Phi) is 4.04. The number of benzene rings is 1. The van der Waals surface area contributed by atoms with Gasteiger partial charge in [-0.3, -0.25) is 14.8 Å². The molecule has 2 rings (SSSR count). The van der Waals surface area contributed by atoms with Crippen LogP contribution < -0.4 is 10.5 Å². The Morgan fingerprint density at radius 3 is 2.71 bits per heavy atom. The SMILES string of the molecule is CCc1nnc(NS(=O)(=O)c2cc([N+](=O)[O-])ccc2N)s1. The summed E-state index contributed by atoms with van der Waals surface area (Å²) in [4.78, 5) is 9.65. The zero-order valence-electron chi connectivity index (χ0n) is 10.8. The van der Waals surface area contributed by atoms with Gasteiger partial charge in [-0.1, -0.05) is 18.3 Å². The number of anilines is 2. The van der Waals surface area contributed by atoms with Crippen molar-refractivity contribution in [3.8, 4) is 0 Å². The van der Waals surface area contributed by atoms with Crippen molar-refractivity contribution in [1.82, 2.24) is 10.2 Å². The molecule has 0 bridgehead atoms. The van der Waals surface area contributed by atoms with Crippen LogP contribution in [0.3, 0.4) is 0 Å². The number of nitro benzene ring substituents is 1. The molecule has 0 atom stereocenters. The number of hydrogen-bond acceptors (Lipinski definition) is 8. The molecule has 0 aliphatic rings. The van der Waals surface area contributed by atoms with Gasteiger partial charge in [0, 0.05) is 12.1 Å². The van der Waals surface area contributed by atoms with Crippen molar-refractivity contribution < 1.29 is 13.3 Å². The van der Waals surface area contributed by atoms with Gasteiger partial charge >= 0.3 is 0 Å². The lowest BCUT2D eigenvalue weighted by Gasteiger charge is -2.07. The third-order valence-electron chi connectivity index (χ3n) is 2.49. The van der Waals surface area contributed by atoms with Gasteiger partial charge in [-0.2, -0.15) is 0 Å². The van der Waals surface area contributed by atoms with E-state index in [-0.39, 0.29) is 21.4 Å². The van der Waals surface area contributed by atoms with Crippen LogP contribution in [0.5, 0.6) is 0 Å². The number of hydrogen-bond donors (Lipinski definition) is 2. The van der Waals surface area contributed by atoms with Gasteiger partial charge in [-0.05, 0) is 12.5 Å². The van der Waals surface area contributed by atoms with E-state index < -0.39 is 14.9 Å². The van der Waals surface area contributed by atoms with Gasteiger partial charge in [0.05, 0.1) is 10.6 Å². The normalized spacial score (nSPS) is 11.3. The first kappa shape index (κ1) is 15.1. The standard InChI is InChI=1S/C10H11N5O4S2/c1-2-9-12-13-10(20-9)14-21(18,19)8-5-6(15(16)17)3-4-7(8)11/h3-5H,2,11H2,1H3,(H,13,14). The smallest absolute Gasteiger partial charge is 0.270 e. The molecule has 0 saturated heterocycles. The Bertz CT molecular complexity index is 786. The molecule has 0 spiro atoms. The molecule has 112 valence electrons. The Morgan fingerprint density at radius 2 is 2.14 bits per heavy atom. The monoisotopic (exact) mass is 329 g/mol. The van der Waals surface area contributed by atoms with E-state index >= 15 is 0 Å². The van der Waals surface area contributed by atoms with E-state index in [1.807, 2.05) is 6.92 Å². The van der Waals surface area contributed by atoms with Gasteiger partial charge in [0.1, 0.15) is 9.90 Å². The van der Waals surface area contributed by atoms with Crippen LogP contribution in [-0.4, -0.2) is 23.5 Å². The summed E-state index contributed by atoms with van der Waals surface area (Å²) in [7, 11) is -4.07. The zero-order chi connectivity index (χ0) is 15.6. The fourth-order valence-electron chi connectivity index (χ4n) is 1.48. The summed E-state index contributed by atoms with van der Waals surface area (Å²) in [5.41, 5.74) is 5.13. The number of rotatable bonds is 5. The zero-order valence-corrected chi connectivity index (χ0v) is 12.4. The molecule has 0 unspecified atom stereocenters. The molecule has 0 aliphatic heterocycles. The lowest BCUT2D eigenvalue weighted by atomic mass is 10.3. The molecule has 1 heterocycles. The second-order valence-corrected chi connectivity index (χ2v) is 6.65. The second-order valence-electron chi connectivity index (χ2n) is 3.94. The number of nitrogen functional groups attached to an aromatic ring is 1. The van der Waals surface area contributed by atoms with Gasteiger partial charge in [0.25, 0.3) is 15.7 Å². The predicted molar refractivity (Wildman–Crippen MR) is 77.6 cm³/mol. The largest absolute Gasteiger partial charge is 0.398 e. The third kappa shape index (κ3) is 3.25. The number of nitrogens with one attached hydrogen (secondary N) is 1. The highest BCUT2D eigenvalue weighted by molar-refractivity contribution is 7.93. The molecule has 0 aliphatic carbocycles. The van der Waals surface area contributed by atoms with E-state index in [0.717, 1.165) is 23.5 Å². The van der Waals surface area contributed by atoms with Crippen LogP contribution in [0.1, 0.15) is 11.9 Å². The highest BCUT2D eigenvalue weighted by atomic mass is 32.2. The predicted octanol–water partition coefficient (Wildman–Crippen LogP) is 1.39. The number of nitrogens with zero attached hydrogens (tertiary/aromatic N) is 3. The molecule has 1 aromatic heterocycles. The molecule has 11 heteroatoms. The van der Waals surface area contributed by atoms with E-state index in [1.165, 1.54) is 6.07 Å². The lowest BCUT2D eigenvalue weighted by Crippen LogP contribution is -2.15. The van der Waals surface area contributed by atoms with Gasteiger partial charge < -0.3 is 5.73 Å². The molecule has 0 radical (unpaired) electrons. The minimum atomic E-state index is -4.07. The van der Waals surface area contributed by atoms with E-state index in [0.29, 0.717) is 11.4 Å². The summed E-state index contributed by atoms with van der Waals surface area (Å²) in [5, 5.41) is 18.9. The van der Waals surface area contributed by atoms with E-state index in [9.17, 15) is 18.5 Å². The number of aryl methyl sites for hydroxylation is 1. The Labute approximate surface area is 124 Å². The van der Waals surface area contributed by atoms with Crippen LogP contribution in [0.4, 0.5) is 16.5 Å². The van der Waals surface area contributed by atoms with E-state index in [2.05, 4.69) is 14.9 Å². The first-order valence-electron chi connectivity index (χ1n) is 5.72. The van der Waals surface area contributed by atoms with Crippen molar-refractivity contribution >= 4 is 37.9 Å². The highest BCUT2D eigenvalue weighted by Crippen LogP contribution is 2.27. The molecule has 1 aromatic carbocycles. The molecule has 2 aromatic rings. The maximum atomic E-state index is 12.2. The van der Waals surface area contributed by atoms with Gasteiger partial charge in [-0.15, -0.1) is 10.2 Å². The van der Waals surface area contributed by atoms with Crippen molar-refractivity contribution in [2.75, 3.05) is 10.5 Å². The average molecular weight is 329 g/mol. The third-order valence-corrected chi connectivity index (χ3v) is 5.00. The first-order chi connectivity index (χ1) is 9.83. The molecule has 9 nitrogen and oxygen atoms in total. The number of sulfonamides is 1. The summed E-state index contributed by atoms with van der Waals surface area (Å²) in [6, 6.07) is 3.21. The Balaban J connectivity index is 2.39. The van der Waals surface area contributed by atoms with Crippen molar-refractivity contribution in [3.63, 3.8) is 0 Å². The maximum absolute atomic E-state index is 12.2. The van der Waals surface area contributed by atoms with Gasteiger partial charge in [0.15, 0.2) is 0 Å². The summed E-state index contributed by atoms with van der Waals surface area (Å²) < 4.78 is 26.7. The lowest BCUT2D eigenvalue weighted by molar-refractivity contribution is -0.385. The molecule has 0 fully saturated rings. The van der Waals surface area contributed by atoms with Crippen LogP contribution in [-0.2, 0) is 16.4 Å². The van der Waals surface area contributed by atoms with Crippen LogP contribution in [0.25, 0.3) is 0 Å². The molecule has 0 amide bonds. The summed E-state index contributed by atoms with van der Waals surface area (Å²) in [6.07, 6.45) is 0.623. The van der Waals surface area contributed by atoms with Crippen molar-refractivity contribution in [2.24, 2.45) is 0 Å². The maximum Gasteiger partial charge on any atom is 0.270 e. The minimum Gasteiger partial charge on any atom is -0.398 e. The number of nitrogens with two attached hydrogens (primary N) is 1. The Morgan fingerprint density at radius 1 is 1.43 bits per heavy atom. The fourth-order valence-corrected chi connectivity index (χ4v) is 3.54. The minimum absolute atomic E-state index is 0.0813. The highest BCUT2D eigenvalue weighted by Gasteiger charge is 2.22. The Hall–Kier alpha value is -2.27. The van der Waals surface area contributed by atoms with Crippen molar-refractivity contribution in [1.29, 1.82) is 0 Å². The van der Waals surface area contributed by atoms with E-state index in [1.54, 1.807) is 0 Å². The summed E-state index contributed by atoms with van der Waals surface area (Å²) in [6.45, 7) is 1.86. The molecular formula is C10H11N5O4S2. The van der Waals surface area contributed by atoms with Gasteiger partial charge in [-0.25, -0.2) is 8.42 Å². The first-order valence-corrected chi connectivity index (χ1v) is 8.02. The summed E-state index contributed by atoms with van der Waals surface area (Å²) >= 11 is 1.08. The van der Waals surface area contributed by atoms with Gasteiger partial charge in [0.2, 0.25) is 5.13 Å². The van der Waals surface area contributed by atoms with Crippen LogP contribution in [0.15, 0.2) is 23.1 Å². The van der Waals surface area contributed by atoms with Crippen molar-refractivity contribution in [2.45, 2.75) is 18.2 Å². The summed E-state index contributed by atoms with van der Waals surface area (Å²) in [5.74, 6) is 0. The fraction of sp³-hybridized carbons (Fsp3) is 0.200. The second kappa shape index (κ2) is 5.61. The molecule has 0 saturated carbocycles. The number of nitro groups is 1. The van der Waals surface area contributed by atoms with Crippen LogP contribution in [0.2, 0.25) is 0 Å². The average Bonchev–Trinajstić information content (AvgIpc) is 2.85. The number of aromatic nitrogens is 2. The van der Waals surface area contributed by atoms with E-state index in [4.69, 9.17) is 5.73 Å². The molecule has 3 N–H and O–H groups in total. The van der Waals surface area contributed by atoms with Crippen LogP contribution in [0, 0.1) is 10.1 Å². The topological polar surface area (TPSA) is 141 Å². The molecule has 21 heavy (non-hydrogen) atoms. The number of non-ortho nitro benzene ring substituents is 1. The van der Waals surface area contributed by atoms with Crippen LogP contribution >= 0.6 is 11.3 Å². The molecular weight excluding hydrogens is 318 g/mol.